The summed E-state index contributed by atoms with van der Waals surface area (Å²) in [5.74, 6) is 6.46. The molecule has 0 radical (unpaired) electrons. The fourth-order valence-corrected chi connectivity index (χ4v) is 3.78. The average Bonchev–Trinajstić information content (AvgIpc) is 3.20. The molecule has 26 heavy (non-hydrogen) atoms. The maximum atomic E-state index is 10.6. The van der Waals surface area contributed by atoms with Gasteiger partial charge < -0.3 is 25.4 Å². The van der Waals surface area contributed by atoms with Crippen molar-refractivity contribution < 1.29 is 14.9 Å². The van der Waals surface area contributed by atoms with Crippen LogP contribution >= 0.6 is 11.6 Å². The molecule has 0 saturated heterocycles. The number of ether oxygens (including phenoxy) is 1. The van der Waals surface area contributed by atoms with Crippen LogP contribution in [0.3, 0.4) is 0 Å². The molecule has 4 rings (SSSR count). The Morgan fingerprint density at radius 2 is 1.96 bits per heavy atom. The van der Waals surface area contributed by atoms with E-state index in [0.717, 1.165) is 11.3 Å². The summed E-state index contributed by atoms with van der Waals surface area (Å²) >= 11 is 5.88. The molecular weight excluding hydrogens is 356 g/mol. The molecule has 0 unspecified atom stereocenters. The first kappa shape index (κ1) is 17.1. The number of halogens is 1. The summed E-state index contributed by atoms with van der Waals surface area (Å²) in [6, 6.07) is 8.50. The Morgan fingerprint density at radius 1 is 1.19 bits per heavy atom. The summed E-state index contributed by atoms with van der Waals surface area (Å²) in [7, 11) is 0. The smallest absolute Gasteiger partial charge is 0.180 e. The van der Waals surface area contributed by atoms with Crippen LogP contribution in [0.2, 0.25) is 5.02 Å². The number of fused-ring (bicyclic) bond motifs is 1. The predicted molar refractivity (Wildman–Crippen MR) is 98.9 cm³/mol. The lowest BCUT2D eigenvalue weighted by Crippen LogP contribution is -2.34. The van der Waals surface area contributed by atoms with E-state index >= 15 is 0 Å². The van der Waals surface area contributed by atoms with Crippen molar-refractivity contribution in [2.75, 3.05) is 0 Å². The van der Waals surface area contributed by atoms with Gasteiger partial charge in [0.2, 0.25) is 0 Å². The molecule has 2 heterocycles. The summed E-state index contributed by atoms with van der Waals surface area (Å²) in [6.07, 6.45) is 2.24. The van der Waals surface area contributed by atoms with E-state index < -0.39 is 18.3 Å². The second kappa shape index (κ2) is 6.75. The Balaban J connectivity index is 1.57. The normalized spacial score (nSPS) is 29.1. The Kier molecular flexibility index (Phi) is 4.44. The number of rotatable bonds is 3. The zero-order chi connectivity index (χ0) is 18.3. The van der Waals surface area contributed by atoms with Crippen molar-refractivity contribution in [2.45, 2.75) is 37.2 Å². The van der Waals surface area contributed by atoms with E-state index in [2.05, 4.69) is 10.1 Å². The summed E-state index contributed by atoms with van der Waals surface area (Å²) < 4.78 is 7.84. The third-order valence-electron chi connectivity index (χ3n) is 4.94. The molecule has 0 spiro atoms. The zero-order valence-corrected chi connectivity index (χ0v) is 14.6. The summed E-state index contributed by atoms with van der Waals surface area (Å²) in [5, 5.41) is 25.4. The number of benzene rings is 1. The van der Waals surface area contributed by atoms with Crippen molar-refractivity contribution in [3.8, 4) is 5.75 Å². The SMILES string of the molecule is N/N=C1/N=CCc2c1ccn2[C@@H]1C[C@H](Oc2ccc(Cl)cc2)[C@@H](O)[C@H]1O. The highest BCUT2D eigenvalue weighted by atomic mass is 35.5. The van der Waals surface area contributed by atoms with Crippen LogP contribution in [0, 0.1) is 0 Å². The average molecular weight is 375 g/mol. The first-order chi connectivity index (χ1) is 12.6. The second-order valence-electron chi connectivity index (χ2n) is 6.45. The van der Waals surface area contributed by atoms with Crippen molar-refractivity contribution in [1.29, 1.82) is 0 Å². The minimum Gasteiger partial charge on any atom is -0.488 e. The Morgan fingerprint density at radius 3 is 2.69 bits per heavy atom. The fourth-order valence-electron chi connectivity index (χ4n) is 3.65. The van der Waals surface area contributed by atoms with Gasteiger partial charge in [0, 0.05) is 41.5 Å². The standard InChI is InChI=1S/C18H19ClN4O3/c19-10-1-3-11(4-2-10)26-15-9-14(16(24)17(15)25)23-8-6-12-13(23)5-7-21-18(12)22-20/h1-4,6-8,14-17,24-25H,5,9,20H2/b22-18+/t14-,15+,16+,17-/m1/s1. The van der Waals surface area contributed by atoms with Crippen molar-refractivity contribution >= 4 is 23.7 Å². The molecule has 1 aromatic heterocycles. The first-order valence-electron chi connectivity index (χ1n) is 8.37. The number of amidine groups is 1. The van der Waals surface area contributed by atoms with Crippen LogP contribution in [0.4, 0.5) is 0 Å². The molecule has 7 nitrogen and oxygen atoms in total. The van der Waals surface area contributed by atoms with Gasteiger partial charge in [0.25, 0.3) is 0 Å². The van der Waals surface area contributed by atoms with Crippen molar-refractivity contribution in [2.24, 2.45) is 15.9 Å². The van der Waals surface area contributed by atoms with Gasteiger partial charge in [-0.3, -0.25) is 0 Å². The van der Waals surface area contributed by atoms with E-state index in [9.17, 15) is 10.2 Å². The van der Waals surface area contributed by atoms with Crippen LogP contribution in [-0.2, 0) is 6.42 Å². The summed E-state index contributed by atoms with van der Waals surface area (Å²) in [5.41, 5.74) is 1.81. The topological polar surface area (TPSA) is 105 Å². The molecule has 8 heteroatoms. The Bertz CT molecular complexity index is 862. The lowest BCUT2D eigenvalue weighted by Gasteiger charge is -2.21. The van der Waals surface area contributed by atoms with Crippen molar-refractivity contribution in [3.63, 3.8) is 0 Å². The van der Waals surface area contributed by atoms with Crippen LogP contribution in [0.25, 0.3) is 0 Å². The van der Waals surface area contributed by atoms with Crippen LogP contribution in [0.15, 0.2) is 46.6 Å². The number of aliphatic hydroxyl groups excluding tert-OH is 2. The third kappa shape index (κ3) is 2.88. The number of nitrogens with zero attached hydrogens (tertiary/aromatic N) is 3. The maximum Gasteiger partial charge on any atom is 0.180 e. The Labute approximate surface area is 155 Å². The van der Waals surface area contributed by atoms with E-state index in [1.165, 1.54) is 0 Å². The lowest BCUT2D eigenvalue weighted by molar-refractivity contribution is -0.0167. The number of hydrazone groups is 1. The van der Waals surface area contributed by atoms with Gasteiger partial charge in [0.1, 0.15) is 24.1 Å². The minimum atomic E-state index is -0.992. The fraction of sp³-hybridized carbons (Fsp3) is 0.333. The largest absolute Gasteiger partial charge is 0.488 e. The van der Waals surface area contributed by atoms with Crippen LogP contribution in [0.5, 0.6) is 5.75 Å². The van der Waals surface area contributed by atoms with Crippen LogP contribution in [-0.4, -0.2) is 45.1 Å². The molecule has 1 saturated carbocycles. The molecule has 0 bridgehead atoms. The highest BCUT2D eigenvalue weighted by Crippen LogP contribution is 2.36. The van der Waals surface area contributed by atoms with Crippen LogP contribution < -0.4 is 10.6 Å². The van der Waals surface area contributed by atoms with Gasteiger partial charge in [-0.15, -0.1) is 0 Å². The Hall–Kier alpha value is -2.35. The highest BCUT2D eigenvalue weighted by Gasteiger charge is 2.44. The van der Waals surface area contributed by atoms with E-state index in [1.807, 2.05) is 16.8 Å². The quantitative estimate of drug-likeness (QED) is 0.559. The predicted octanol–water partition coefficient (Wildman–Crippen LogP) is 1.50. The van der Waals surface area contributed by atoms with Crippen molar-refractivity contribution in [1.82, 2.24) is 4.57 Å². The molecule has 2 aliphatic rings. The number of nitrogens with two attached hydrogens (primary N) is 1. The minimum absolute atomic E-state index is 0.309. The van der Waals surface area contributed by atoms with Crippen LogP contribution in [0.1, 0.15) is 23.7 Å². The van der Waals surface area contributed by atoms with E-state index in [0.29, 0.717) is 29.4 Å². The van der Waals surface area contributed by atoms with Gasteiger partial charge in [-0.25, -0.2) is 4.99 Å². The van der Waals surface area contributed by atoms with E-state index in [1.54, 1.807) is 30.5 Å². The van der Waals surface area contributed by atoms with Gasteiger partial charge in [0.15, 0.2) is 5.84 Å². The molecule has 1 aromatic carbocycles. The molecular formula is C18H19ClN4O3. The molecule has 2 aromatic rings. The maximum absolute atomic E-state index is 10.6. The van der Waals surface area contributed by atoms with Crippen molar-refractivity contribution in [3.05, 3.63) is 52.8 Å². The number of aromatic nitrogens is 1. The third-order valence-corrected chi connectivity index (χ3v) is 5.19. The molecule has 1 aliphatic carbocycles. The zero-order valence-electron chi connectivity index (χ0n) is 13.9. The lowest BCUT2D eigenvalue weighted by atomic mass is 10.1. The molecule has 1 fully saturated rings. The van der Waals surface area contributed by atoms with Gasteiger partial charge in [-0.1, -0.05) is 11.6 Å². The molecule has 4 N–H and O–H groups in total. The summed E-state index contributed by atoms with van der Waals surface area (Å²) in [6.45, 7) is 0. The highest BCUT2D eigenvalue weighted by molar-refractivity contribution is 6.30. The number of aliphatic imine (C=N–C) groups is 1. The molecule has 4 atom stereocenters. The number of hydrogen-bond donors (Lipinski definition) is 3. The van der Waals surface area contributed by atoms with Gasteiger partial charge in [-0.2, -0.15) is 5.10 Å². The van der Waals surface area contributed by atoms with Gasteiger partial charge in [0.05, 0.1) is 6.04 Å². The molecule has 136 valence electrons. The number of aliphatic hydroxyl groups is 2. The summed E-state index contributed by atoms with van der Waals surface area (Å²) in [4.78, 5) is 4.18. The van der Waals surface area contributed by atoms with Gasteiger partial charge in [-0.05, 0) is 30.3 Å². The first-order valence-corrected chi connectivity index (χ1v) is 8.75. The van der Waals surface area contributed by atoms with E-state index in [4.69, 9.17) is 22.2 Å². The molecule has 0 amide bonds. The van der Waals surface area contributed by atoms with Gasteiger partial charge >= 0.3 is 0 Å². The molecule has 1 aliphatic heterocycles. The number of hydrogen-bond acceptors (Lipinski definition) is 5. The van der Waals surface area contributed by atoms with E-state index in [-0.39, 0.29) is 6.04 Å². The second-order valence-corrected chi connectivity index (χ2v) is 6.88. The monoisotopic (exact) mass is 374 g/mol.